The molecule has 2 aliphatic rings. The maximum absolute atomic E-state index is 12.8. The van der Waals surface area contributed by atoms with Gasteiger partial charge in [0.25, 0.3) is 0 Å². The molecule has 2 heterocycles. The Morgan fingerprint density at radius 3 is 2.53 bits per heavy atom. The molecule has 2 amide bonds. The van der Waals surface area contributed by atoms with Gasteiger partial charge >= 0.3 is 12.0 Å². The highest BCUT2D eigenvalue weighted by Gasteiger charge is 2.35. The molecular formula is C24H27N3O5. The minimum absolute atomic E-state index is 0.371. The summed E-state index contributed by atoms with van der Waals surface area (Å²) in [6, 6.07) is 12.6. The van der Waals surface area contributed by atoms with Crippen LogP contribution in [0.25, 0.3) is 0 Å². The Hall–Kier alpha value is -3.52. The summed E-state index contributed by atoms with van der Waals surface area (Å²) in [5.74, 6) is 0.577. The molecular weight excluding hydrogens is 410 g/mol. The first kappa shape index (κ1) is 21.7. The minimum atomic E-state index is -0.678. The quantitative estimate of drug-likeness (QED) is 0.676. The highest BCUT2D eigenvalue weighted by molar-refractivity contribution is 5.95. The molecule has 2 aromatic carbocycles. The highest BCUT2D eigenvalue weighted by Crippen LogP contribution is 2.34. The summed E-state index contributed by atoms with van der Waals surface area (Å²) in [6.07, 6.45) is 0.919. The van der Waals surface area contributed by atoms with Gasteiger partial charge in [0, 0.05) is 25.3 Å². The van der Waals surface area contributed by atoms with Crippen molar-refractivity contribution in [1.82, 2.24) is 15.5 Å². The van der Waals surface area contributed by atoms with Gasteiger partial charge in [-0.05, 0) is 35.2 Å². The van der Waals surface area contributed by atoms with E-state index in [4.69, 9.17) is 14.2 Å². The lowest BCUT2D eigenvalue weighted by molar-refractivity contribution is -0.136. The molecule has 0 saturated carbocycles. The van der Waals surface area contributed by atoms with Crippen molar-refractivity contribution >= 4 is 12.0 Å². The molecule has 2 N–H and O–H groups in total. The molecule has 0 saturated heterocycles. The van der Waals surface area contributed by atoms with Gasteiger partial charge in [0.2, 0.25) is 0 Å². The maximum Gasteiger partial charge on any atom is 0.338 e. The van der Waals surface area contributed by atoms with E-state index in [1.807, 2.05) is 12.1 Å². The van der Waals surface area contributed by atoms with Crippen molar-refractivity contribution in [2.24, 2.45) is 0 Å². The smallest absolute Gasteiger partial charge is 0.338 e. The summed E-state index contributed by atoms with van der Waals surface area (Å²) in [5.41, 5.74) is 4.21. The lowest BCUT2D eigenvalue weighted by Gasteiger charge is -2.34. The first-order chi connectivity index (χ1) is 15.5. The molecule has 0 unspecified atom stereocenters. The second-order valence-corrected chi connectivity index (χ2v) is 7.76. The van der Waals surface area contributed by atoms with E-state index in [0.29, 0.717) is 34.9 Å². The van der Waals surface area contributed by atoms with Crippen LogP contribution in [0.4, 0.5) is 4.79 Å². The van der Waals surface area contributed by atoms with E-state index >= 15 is 0 Å². The van der Waals surface area contributed by atoms with E-state index in [0.717, 1.165) is 19.5 Å². The molecule has 0 spiro atoms. The summed E-state index contributed by atoms with van der Waals surface area (Å²) in [6.45, 7) is 2.01. The highest BCUT2D eigenvalue weighted by atomic mass is 16.5. The second kappa shape index (κ2) is 9.32. The molecule has 8 nitrogen and oxygen atoms in total. The van der Waals surface area contributed by atoms with Crippen LogP contribution in [0.5, 0.6) is 11.5 Å². The van der Waals surface area contributed by atoms with Gasteiger partial charge in [-0.1, -0.05) is 30.3 Å². The summed E-state index contributed by atoms with van der Waals surface area (Å²) < 4.78 is 15.8. The lowest BCUT2D eigenvalue weighted by atomic mass is 9.94. The zero-order chi connectivity index (χ0) is 22.7. The average Bonchev–Trinajstić information content (AvgIpc) is 2.82. The minimum Gasteiger partial charge on any atom is -0.493 e. The van der Waals surface area contributed by atoms with Crippen LogP contribution in [-0.4, -0.2) is 51.3 Å². The van der Waals surface area contributed by atoms with Crippen LogP contribution in [0.1, 0.15) is 22.7 Å². The van der Waals surface area contributed by atoms with Crippen LogP contribution in [0, 0.1) is 0 Å². The molecule has 2 aromatic rings. The van der Waals surface area contributed by atoms with Crippen molar-refractivity contribution in [3.63, 3.8) is 0 Å². The summed E-state index contributed by atoms with van der Waals surface area (Å²) in [5, 5.41) is 5.68. The van der Waals surface area contributed by atoms with E-state index in [9.17, 15) is 9.59 Å². The molecule has 1 atom stereocenters. The number of rotatable bonds is 6. The van der Waals surface area contributed by atoms with Gasteiger partial charge in [-0.2, -0.15) is 0 Å². The Balaban J connectivity index is 1.69. The van der Waals surface area contributed by atoms with Crippen molar-refractivity contribution in [3.05, 3.63) is 70.4 Å². The fraction of sp³-hybridized carbons (Fsp3) is 0.333. The number of benzene rings is 2. The zero-order valence-corrected chi connectivity index (χ0v) is 18.4. The molecule has 8 heteroatoms. The zero-order valence-electron chi connectivity index (χ0n) is 18.4. The molecule has 4 rings (SSSR count). The van der Waals surface area contributed by atoms with Crippen LogP contribution in [0.15, 0.2) is 53.7 Å². The van der Waals surface area contributed by atoms with Crippen molar-refractivity contribution in [3.8, 4) is 11.5 Å². The number of hydrogen-bond donors (Lipinski definition) is 2. The van der Waals surface area contributed by atoms with Crippen LogP contribution in [-0.2, 0) is 22.5 Å². The van der Waals surface area contributed by atoms with Crippen molar-refractivity contribution in [1.29, 1.82) is 0 Å². The van der Waals surface area contributed by atoms with E-state index in [1.165, 1.54) is 18.2 Å². The standard InChI is InChI=1S/C24H27N3O5/c1-30-19-9-8-16(12-20(19)31-2)22-21(23(28)32-3)18(25-24(29)26-22)14-27-11-10-15-6-4-5-7-17(15)13-27/h4-9,12,22H,10-11,13-14H2,1-3H3,(H2,25,26,29)/t22-/m0/s1. The Morgan fingerprint density at radius 2 is 1.81 bits per heavy atom. The van der Waals surface area contributed by atoms with Crippen molar-refractivity contribution in [2.45, 2.75) is 19.0 Å². The number of ether oxygens (including phenoxy) is 3. The number of fused-ring (bicyclic) bond motifs is 1. The first-order valence-electron chi connectivity index (χ1n) is 10.4. The lowest BCUT2D eigenvalue weighted by Crippen LogP contribution is -2.48. The van der Waals surface area contributed by atoms with Gasteiger partial charge in [-0.3, -0.25) is 4.90 Å². The Morgan fingerprint density at radius 1 is 1.06 bits per heavy atom. The molecule has 2 aliphatic heterocycles. The summed E-state index contributed by atoms with van der Waals surface area (Å²) >= 11 is 0. The number of nitrogens with zero attached hydrogens (tertiary/aromatic N) is 1. The van der Waals surface area contributed by atoms with Crippen LogP contribution in [0.3, 0.4) is 0 Å². The molecule has 0 bridgehead atoms. The maximum atomic E-state index is 12.8. The number of methoxy groups -OCH3 is 3. The number of carbonyl (C=O) groups excluding carboxylic acids is 2. The van der Waals surface area contributed by atoms with Gasteiger partial charge in [0.1, 0.15) is 0 Å². The molecule has 0 radical (unpaired) electrons. The number of esters is 1. The summed E-state index contributed by atoms with van der Waals surface area (Å²) in [7, 11) is 4.43. The van der Waals surface area contributed by atoms with Crippen molar-refractivity contribution < 1.29 is 23.8 Å². The van der Waals surface area contributed by atoms with E-state index in [2.05, 4.69) is 27.7 Å². The SMILES string of the molecule is COC(=O)C1=C(CN2CCc3ccccc3C2)NC(=O)N[C@H]1c1ccc(OC)c(OC)c1. The fourth-order valence-electron chi connectivity index (χ4n) is 4.29. The summed E-state index contributed by atoms with van der Waals surface area (Å²) in [4.78, 5) is 27.6. The Bertz CT molecular complexity index is 1070. The van der Waals surface area contributed by atoms with Crippen LogP contribution in [0.2, 0.25) is 0 Å². The number of amides is 2. The fourth-order valence-corrected chi connectivity index (χ4v) is 4.29. The van der Waals surface area contributed by atoms with Gasteiger partial charge in [-0.25, -0.2) is 9.59 Å². The van der Waals surface area contributed by atoms with Crippen LogP contribution < -0.4 is 20.1 Å². The second-order valence-electron chi connectivity index (χ2n) is 7.76. The third kappa shape index (κ3) is 4.27. The number of hydrogen-bond acceptors (Lipinski definition) is 6. The van der Waals surface area contributed by atoms with E-state index in [1.54, 1.807) is 32.4 Å². The molecule has 0 aliphatic carbocycles. The van der Waals surface area contributed by atoms with E-state index < -0.39 is 12.0 Å². The van der Waals surface area contributed by atoms with Gasteiger partial charge in [0.05, 0.1) is 32.9 Å². The third-order valence-electron chi connectivity index (χ3n) is 5.89. The van der Waals surface area contributed by atoms with Gasteiger partial charge < -0.3 is 24.8 Å². The molecule has 0 aromatic heterocycles. The van der Waals surface area contributed by atoms with Crippen molar-refractivity contribution in [2.75, 3.05) is 34.4 Å². The Labute approximate surface area is 187 Å². The monoisotopic (exact) mass is 437 g/mol. The molecule has 32 heavy (non-hydrogen) atoms. The third-order valence-corrected chi connectivity index (χ3v) is 5.89. The predicted molar refractivity (Wildman–Crippen MR) is 118 cm³/mol. The number of urea groups is 1. The van der Waals surface area contributed by atoms with Gasteiger partial charge in [-0.15, -0.1) is 0 Å². The van der Waals surface area contributed by atoms with Gasteiger partial charge in [0.15, 0.2) is 11.5 Å². The van der Waals surface area contributed by atoms with E-state index in [-0.39, 0.29) is 6.03 Å². The molecule has 0 fully saturated rings. The van der Waals surface area contributed by atoms with Crippen LogP contribution >= 0.6 is 0 Å². The largest absolute Gasteiger partial charge is 0.493 e. The molecule has 168 valence electrons. The number of nitrogens with one attached hydrogen (secondary N) is 2. The normalized spacial score (nSPS) is 18.3. The predicted octanol–water partition coefficient (Wildman–Crippen LogP) is 2.54. The average molecular weight is 437 g/mol. The topological polar surface area (TPSA) is 89.1 Å². The first-order valence-corrected chi connectivity index (χ1v) is 10.4. The number of carbonyl (C=O) groups is 2. The Kier molecular flexibility index (Phi) is 6.32.